The Balaban J connectivity index is 1.89. The number of thioether (sulfide) groups is 2. The van der Waals surface area contributed by atoms with Gasteiger partial charge in [-0.1, -0.05) is 6.92 Å². The van der Waals surface area contributed by atoms with E-state index in [4.69, 9.17) is 0 Å². The van der Waals surface area contributed by atoms with Crippen LogP contribution in [0.3, 0.4) is 0 Å². The number of anilines is 1. The zero-order chi connectivity index (χ0) is 15.1. The zero-order valence-corrected chi connectivity index (χ0v) is 14.6. The van der Waals surface area contributed by atoms with Gasteiger partial charge in [-0.2, -0.15) is 23.5 Å². The lowest BCUT2D eigenvalue weighted by atomic mass is 10.3. The van der Waals surface area contributed by atoms with Gasteiger partial charge in [-0.05, 0) is 30.7 Å². The van der Waals surface area contributed by atoms with Crippen LogP contribution in [0.4, 0.5) is 5.69 Å². The number of sulfonamides is 1. The van der Waals surface area contributed by atoms with E-state index in [-0.39, 0.29) is 0 Å². The molecule has 2 rings (SSSR count). The van der Waals surface area contributed by atoms with Gasteiger partial charge in [0.2, 0.25) is 10.0 Å². The Bertz CT molecular complexity index is 526. The molecule has 1 saturated heterocycles. The molecule has 0 amide bonds. The van der Waals surface area contributed by atoms with Gasteiger partial charge in [0.25, 0.3) is 0 Å². The van der Waals surface area contributed by atoms with E-state index in [0.717, 1.165) is 18.7 Å². The summed E-state index contributed by atoms with van der Waals surface area (Å²) in [7, 11) is -3.36. The molecule has 0 saturated carbocycles. The second-order valence-corrected chi connectivity index (χ2v) is 9.20. The highest BCUT2D eigenvalue weighted by atomic mass is 32.2. The predicted octanol–water partition coefficient (Wildman–Crippen LogP) is 2.64. The van der Waals surface area contributed by atoms with Crippen molar-refractivity contribution in [1.82, 2.24) is 4.72 Å². The van der Waals surface area contributed by atoms with E-state index in [1.54, 1.807) is 12.1 Å². The molecule has 1 atom stereocenters. The Labute approximate surface area is 135 Å². The van der Waals surface area contributed by atoms with Crippen molar-refractivity contribution in [1.29, 1.82) is 0 Å². The minimum atomic E-state index is -3.36. The van der Waals surface area contributed by atoms with E-state index < -0.39 is 10.0 Å². The van der Waals surface area contributed by atoms with Crippen molar-refractivity contribution in [2.24, 2.45) is 0 Å². The van der Waals surface area contributed by atoms with Crippen LogP contribution in [0.5, 0.6) is 0 Å². The maximum absolute atomic E-state index is 12.0. The SMILES string of the molecule is CCCNS(=O)(=O)c1ccc(NCC2CSCCS2)cc1. The summed E-state index contributed by atoms with van der Waals surface area (Å²) in [5.74, 6) is 3.65. The van der Waals surface area contributed by atoms with Crippen molar-refractivity contribution in [2.75, 3.05) is 35.7 Å². The second-order valence-electron chi connectivity index (χ2n) is 4.87. The monoisotopic (exact) mass is 346 g/mol. The Hall–Kier alpha value is -0.370. The lowest BCUT2D eigenvalue weighted by molar-refractivity contribution is 0.581. The number of benzene rings is 1. The first-order valence-electron chi connectivity index (χ1n) is 7.15. The minimum absolute atomic E-state index is 0.323. The molecule has 1 fully saturated rings. The predicted molar refractivity (Wildman–Crippen MR) is 94.0 cm³/mol. The first kappa shape index (κ1) is 17.0. The van der Waals surface area contributed by atoms with Crippen LogP contribution >= 0.6 is 23.5 Å². The molecule has 0 radical (unpaired) electrons. The van der Waals surface area contributed by atoms with Crippen molar-refractivity contribution in [3.8, 4) is 0 Å². The van der Waals surface area contributed by atoms with Crippen LogP contribution < -0.4 is 10.0 Å². The maximum atomic E-state index is 12.0. The van der Waals surface area contributed by atoms with E-state index in [1.807, 2.05) is 42.6 Å². The average molecular weight is 347 g/mol. The topological polar surface area (TPSA) is 58.2 Å². The molecule has 1 aliphatic heterocycles. The molecule has 0 aromatic heterocycles. The van der Waals surface area contributed by atoms with Gasteiger partial charge in [0.05, 0.1) is 4.90 Å². The molecule has 21 heavy (non-hydrogen) atoms. The maximum Gasteiger partial charge on any atom is 0.240 e. The fourth-order valence-corrected chi connectivity index (χ4v) is 5.70. The van der Waals surface area contributed by atoms with Crippen LogP contribution in [0.15, 0.2) is 29.2 Å². The van der Waals surface area contributed by atoms with Crippen molar-refractivity contribution < 1.29 is 8.42 Å². The largest absolute Gasteiger partial charge is 0.384 e. The van der Waals surface area contributed by atoms with Crippen molar-refractivity contribution >= 4 is 39.2 Å². The normalized spacial score (nSPS) is 19.4. The number of hydrogen-bond acceptors (Lipinski definition) is 5. The number of nitrogens with one attached hydrogen (secondary N) is 2. The molecule has 1 aromatic carbocycles. The van der Waals surface area contributed by atoms with Gasteiger partial charge in [-0.25, -0.2) is 13.1 Å². The molecular weight excluding hydrogens is 324 g/mol. The third-order valence-corrected chi connectivity index (χ3v) is 7.45. The van der Waals surface area contributed by atoms with E-state index in [1.165, 1.54) is 17.3 Å². The van der Waals surface area contributed by atoms with Gasteiger partial charge in [0.1, 0.15) is 0 Å². The highest BCUT2D eigenvalue weighted by molar-refractivity contribution is 8.06. The van der Waals surface area contributed by atoms with Crippen molar-refractivity contribution in [2.45, 2.75) is 23.5 Å². The molecule has 1 aliphatic rings. The van der Waals surface area contributed by atoms with Crippen LogP contribution in [0.1, 0.15) is 13.3 Å². The van der Waals surface area contributed by atoms with E-state index in [2.05, 4.69) is 10.0 Å². The Morgan fingerprint density at radius 3 is 2.62 bits per heavy atom. The first-order chi connectivity index (χ1) is 10.1. The van der Waals surface area contributed by atoms with Crippen LogP contribution in [0.2, 0.25) is 0 Å². The lowest BCUT2D eigenvalue weighted by Gasteiger charge is -2.21. The fraction of sp³-hybridized carbons (Fsp3) is 0.571. The molecule has 0 aliphatic carbocycles. The highest BCUT2D eigenvalue weighted by Gasteiger charge is 2.15. The van der Waals surface area contributed by atoms with Crippen LogP contribution in [0.25, 0.3) is 0 Å². The molecule has 4 nitrogen and oxygen atoms in total. The Morgan fingerprint density at radius 1 is 1.24 bits per heavy atom. The van der Waals surface area contributed by atoms with E-state index >= 15 is 0 Å². The van der Waals surface area contributed by atoms with Crippen LogP contribution in [0, 0.1) is 0 Å². The standard InChI is InChI=1S/C14H22N2O2S3/c1-2-7-16-21(17,18)14-5-3-12(4-6-14)15-10-13-11-19-8-9-20-13/h3-6,13,15-16H,2,7-11H2,1H3. The first-order valence-corrected chi connectivity index (χ1v) is 10.8. The molecule has 1 aromatic rings. The summed E-state index contributed by atoms with van der Waals surface area (Å²) in [5, 5.41) is 4.02. The quantitative estimate of drug-likeness (QED) is 0.795. The molecular formula is C14H22N2O2S3. The van der Waals surface area contributed by atoms with Crippen LogP contribution in [-0.4, -0.2) is 44.0 Å². The fourth-order valence-electron chi connectivity index (χ4n) is 1.96. The summed E-state index contributed by atoms with van der Waals surface area (Å²) in [6.07, 6.45) is 0.788. The molecule has 118 valence electrons. The smallest absolute Gasteiger partial charge is 0.240 e. The molecule has 7 heteroatoms. The number of rotatable bonds is 7. The molecule has 0 spiro atoms. The third kappa shape index (κ3) is 5.39. The minimum Gasteiger partial charge on any atom is -0.384 e. The van der Waals surface area contributed by atoms with E-state index in [9.17, 15) is 8.42 Å². The van der Waals surface area contributed by atoms with Crippen LogP contribution in [-0.2, 0) is 10.0 Å². The van der Waals surface area contributed by atoms with Gasteiger partial charge in [-0.15, -0.1) is 0 Å². The summed E-state index contributed by atoms with van der Waals surface area (Å²) in [4.78, 5) is 0.323. The average Bonchev–Trinajstić information content (AvgIpc) is 2.52. The summed E-state index contributed by atoms with van der Waals surface area (Å²) in [5.41, 5.74) is 0.973. The van der Waals surface area contributed by atoms with Crippen molar-refractivity contribution in [3.63, 3.8) is 0 Å². The molecule has 1 unspecified atom stereocenters. The Kier molecular flexibility index (Phi) is 6.73. The van der Waals surface area contributed by atoms with Gasteiger partial charge in [0.15, 0.2) is 0 Å². The highest BCUT2D eigenvalue weighted by Crippen LogP contribution is 2.24. The summed E-state index contributed by atoms with van der Waals surface area (Å²) >= 11 is 4.01. The summed E-state index contributed by atoms with van der Waals surface area (Å²) in [6.45, 7) is 3.34. The summed E-state index contributed by atoms with van der Waals surface area (Å²) < 4.78 is 26.5. The van der Waals surface area contributed by atoms with Gasteiger partial charge < -0.3 is 5.32 Å². The van der Waals surface area contributed by atoms with Gasteiger partial charge in [-0.3, -0.25) is 0 Å². The lowest BCUT2D eigenvalue weighted by Crippen LogP contribution is -2.24. The number of hydrogen-bond donors (Lipinski definition) is 2. The van der Waals surface area contributed by atoms with Crippen molar-refractivity contribution in [3.05, 3.63) is 24.3 Å². The van der Waals surface area contributed by atoms with E-state index in [0.29, 0.717) is 16.7 Å². The second kappa shape index (κ2) is 8.31. The Morgan fingerprint density at radius 2 is 2.00 bits per heavy atom. The molecule has 2 N–H and O–H groups in total. The van der Waals surface area contributed by atoms with Gasteiger partial charge in [0, 0.05) is 41.3 Å². The summed E-state index contributed by atoms with van der Waals surface area (Å²) in [6, 6.07) is 6.98. The molecule has 1 heterocycles. The zero-order valence-electron chi connectivity index (χ0n) is 12.2. The third-order valence-electron chi connectivity index (χ3n) is 3.13. The molecule has 0 bridgehead atoms. The van der Waals surface area contributed by atoms with Gasteiger partial charge >= 0.3 is 0 Å².